The van der Waals surface area contributed by atoms with Crippen molar-refractivity contribution in [2.75, 3.05) is 5.32 Å². The second-order valence-electron chi connectivity index (χ2n) is 2.75. The van der Waals surface area contributed by atoms with Crippen LogP contribution in [0.3, 0.4) is 0 Å². The van der Waals surface area contributed by atoms with Crippen molar-refractivity contribution in [3.8, 4) is 0 Å². The van der Waals surface area contributed by atoms with Crippen molar-refractivity contribution in [1.29, 1.82) is 0 Å². The fourth-order valence-electron chi connectivity index (χ4n) is 1.17. The van der Waals surface area contributed by atoms with E-state index >= 15 is 0 Å². The molecule has 0 saturated heterocycles. The Morgan fingerprint density at radius 1 is 1.57 bits per heavy atom. The summed E-state index contributed by atoms with van der Waals surface area (Å²) in [5.41, 5.74) is 1.13. The predicted molar refractivity (Wildman–Crippen MR) is 52.3 cm³/mol. The van der Waals surface area contributed by atoms with Gasteiger partial charge in [0.1, 0.15) is 11.5 Å². The van der Waals surface area contributed by atoms with Gasteiger partial charge in [0.15, 0.2) is 5.65 Å². The van der Waals surface area contributed by atoms with Gasteiger partial charge < -0.3 is 5.32 Å². The van der Waals surface area contributed by atoms with Crippen LogP contribution in [0.15, 0.2) is 18.5 Å². The number of rotatable bonds is 1. The fraction of sp³-hybridized carbons (Fsp3) is 0.125. The average molecular weight is 211 g/mol. The minimum absolute atomic E-state index is 0.155. The molecule has 0 aromatic carbocycles. The number of halogens is 1. The van der Waals surface area contributed by atoms with Crippen LogP contribution in [-0.4, -0.2) is 20.5 Å². The van der Waals surface area contributed by atoms with Gasteiger partial charge in [-0.05, 0) is 12.1 Å². The lowest BCUT2D eigenvalue weighted by Gasteiger charge is -2.03. The lowest BCUT2D eigenvalue weighted by Crippen LogP contribution is -2.07. The summed E-state index contributed by atoms with van der Waals surface area (Å²) in [5.74, 6) is -0.155. The third-order valence-electron chi connectivity index (χ3n) is 1.69. The van der Waals surface area contributed by atoms with Crippen molar-refractivity contribution < 1.29 is 4.79 Å². The quantitative estimate of drug-likeness (QED) is 0.723. The number of carbonyl (C=O) groups is 1. The highest BCUT2D eigenvalue weighted by atomic mass is 35.5. The van der Waals surface area contributed by atoms with Crippen LogP contribution in [0.4, 0.5) is 5.69 Å². The summed E-state index contributed by atoms with van der Waals surface area (Å²) in [7, 11) is 0. The maximum Gasteiger partial charge on any atom is 0.221 e. The van der Waals surface area contributed by atoms with Gasteiger partial charge in [0.25, 0.3) is 0 Å². The Morgan fingerprint density at radius 3 is 3.07 bits per heavy atom. The third kappa shape index (κ3) is 1.42. The van der Waals surface area contributed by atoms with E-state index in [-0.39, 0.29) is 5.91 Å². The molecule has 0 spiro atoms. The molecule has 6 heteroatoms. The normalized spacial score (nSPS) is 10.4. The lowest BCUT2D eigenvalue weighted by atomic mass is 10.4. The summed E-state index contributed by atoms with van der Waals surface area (Å²) >= 11 is 5.85. The molecule has 0 aliphatic carbocycles. The van der Waals surface area contributed by atoms with Crippen LogP contribution in [0, 0.1) is 0 Å². The molecule has 1 N–H and O–H groups in total. The zero-order chi connectivity index (χ0) is 10.1. The molecule has 14 heavy (non-hydrogen) atoms. The van der Waals surface area contributed by atoms with Crippen molar-refractivity contribution >= 4 is 28.8 Å². The van der Waals surface area contributed by atoms with Gasteiger partial charge in [0.2, 0.25) is 5.91 Å². The van der Waals surface area contributed by atoms with Gasteiger partial charge in [-0.3, -0.25) is 4.79 Å². The Kier molecular flexibility index (Phi) is 2.09. The van der Waals surface area contributed by atoms with Crippen molar-refractivity contribution in [3.63, 3.8) is 0 Å². The Balaban J connectivity index is 2.60. The predicted octanol–water partition coefficient (Wildman–Crippen LogP) is 1.34. The topological polar surface area (TPSA) is 59.3 Å². The van der Waals surface area contributed by atoms with Crippen LogP contribution in [0.1, 0.15) is 6.92 Å². The molecule has 0 fully saturated rings. The highest BCUT2D eigenvalue weighted by Gasteiger charge is 2.06. The van der Waals surface area contributed by atoms with E-state index in [0.717, 1.165) is 0 Å². The van der Waals surface area contributed by atoms with Crippen LogP contribution in [0.5, 0.6) is 0 Å². The molecular weight excluding hydrogens is 204 g/mol. The number of aromatic nitrogens is 3. The first-order valence-electron chi connectivity index (χ1n) is 3.94. The number of pyridine rings is 1. The molecule has 0 atom stereocenters. The monoisotopic (exact) mass is 210 g/mol. The van der Waals surface area contributed by atoms with Gasteiger partial charge in [-0.15, -0.1) is 0 Å². The van der Waals surface area contributed by atoms with Gasteiger partial charge in [-0.1, -0.05) is 11.6 Å². The molecule has 2 aromatic heterocycles. The third-order valence-corrected chi connectivity index (χ3v) is 1.98. The standard InChI is InChI=1S/C8H7ClN4O/c1-5(14)12-6-2-3-7(9)13-8(6)10-4-11-13/h2-4H,1H3,(H,12,14). The van der Waals surface area contributed by atoms with E-state index in [4.69, 9.17) is 11.6 Å². The van der Waals surface area contributed by atoms with Gasteiger partial charge >= 0.3 is 0 Å². The van der Waals surface area contributed by atoms with Crippen molar-refractivity contribution in [2.24, 2.45) is 0 Å². The van der Waals surface area contributed by atoms with Crippen LogP contribution in [-0.2, 0) is 4.79 Å². The van der Waals surface area contributed by atoms with E-state index in [1.54, 1.807) is 12.1 Å². The van der Waals surface area contributed by atoms with Gasteiger partial charge in [0.05, 0.1) is 5.69 Å². The maximum absolute atomic E-state index is 10.9. The molecule has 1 amide bonds. The zero-order valence-electron chi connectivity index (χ0n) is 7.36. The van der Waals surface area contributed by atoms with Crippen LogP contribution >= 0.6 is 11.6 Å². The van der Waals surface area contributed by atoms with Crippen LogP contribution in [0.2, 0.25) is 5.15 Å². The number of nitrogens with one attached hydrogen (secondary N) is 1. The average Bonchev–Trinajstić information content (AvgIpc) is 2.58. The fourth-order valence-corrected chi connectivity index (χ4v) is 1.35. The minimum atomic E-state index is -0.155. The summed E-state index contributed by atoms with van der Waals surface area (Å²) < 4.78 is 1.45. The van der Waals surface area contributed by atoms with E-state index in [0.29, 0.717) is 16.5 Å². The highest BCUT2D eigenvalue weighted by Crippen LogP contribution is 2.18. The van der Waals surface area contributed by atoms with Gasteiger partial charge in [-0.2, -0.15) is 5.10 Å². The molecule has 0 aliphatic heterocycles. The number of hydrogen-bond donors (Lipinski definition) is 1. The van der Waals surface area contributed by atoms with Crippen molar-refractivity contribution in [1.82, 2.24) is 14.6 Å². The molecular formula is C8H7ClN4O. The molecule has 0 aliphatic rings. The maximum atomic E-state index is 10.9. The van der Waals surface area contributed by atoms with Crippen LogP contribution in [0.25, 0.3) is 5.65 Å². The van der Waals surface area contributed by atoms with E-state index in [2.05, 4.69) is 15.4 Å². The SMILES string of the molecule is CC(=O)Nc1ccc(Cl)n2ncnc12. The molecule has 2 heterocycles. The van der Waals surface area contributed by atoms with E-state index in [1.165, 1.54) is 17.8 Å². The first-order chi connectivity index (χ1) is 6.68. The first kappa shape index (κ1) is 8.96. The number of anilines is 1. The molecule has 5 nitrogen and oxygen atoms in total. The van der Waals surface area contributed by atoms with E-state index in [1.807, 2.05) is 0 Å². The van der Waals surface area contributed by atoms with Gasteiger partial charge in [0, 0.05) is 6.92 Å². The summed E-state index contributed by atoms with van der Waals surface area (Å²) in [6.07, 6.45) is 1.38. The highest BCUT2D eigenvalue weighted by molar-refractivity contribution is 6.29. The summed E-state index contributed by atoms with van der Waals surface area (Å²) in [6, 6.07) is 3.34. The zero-order valence-corrected chi connectivity index (χ0v) is 8.12. The lowest BCUT2D eigenvalue weighted by molar-refractivity contribution is -0.114. The van der Waals surface area contributed by atoms with E-state index in [9.17, 15) is 4.79 Å². The smallest absolute Gasteiger partial charge is 0.221 e. The minimum Gasteiger partial charge on any atom is -0.323 e. The number of carbonyl (C=O) groups excluding carboxylic acids is 1. The van der Waals surface area contributed by atoms with Gasteiger partial charge in [-0.25, -0.2) is 9.50 Å². The Bertz CT molecular complexity index is 493. The number of amides is 1. The molecule has 0 unspecified atom stereocenters. The van der Waals surface area contributed by atoms with Crippen molar-refractivity contribution in [3.05, 3.63) is 23.6 Å². The second-order valence-corrected chi connectivity index (χ2v) is 3.13. The number of nitrogens with zero attached hydrogens (tertiary/aromatic N) is 3. The molecule has 72 valence electrons. The molecule has 2 rings (SSSR count). The molecule has 0 saturated carbocycles. The molecule has 0 bridgehead atoms. The number of fused-ring (bicyclic) bond motifs is 1. The Labute approximate surface area is 84.7 Å². The second kappa shape index (κ2) is 3.26. The summed E-state index contributed by atoms with van der Waals surface area (Å²) in [4.78, 5) is 14.8. The van der Waals surface area contributed by atoms with Crippen molar-refractivity contribution in [2.45, 2.75) is 6.92 Å². The summed E-state index contributed by atoms with van der Waals surface area (Å²) in [5, 5.41) is 7.00. The number of hydrogen-bond acceptors (Lipinski definition) is 3. The molecule has 0 radical (unpaired) electrons. The van der Waals surface area contributed by atoms with Crippen LogP contribution < -0.4 is 5.32 Å². The Hall–Kier alpha value is -1.62. The molecule has 2 aromatic rings. The van der Waals surface area contributed by atoms with E-state index < -0.39 is 0 Å². The first-order valence-corrected chi connectivity index (χ1v) is 4.32. The largest absolute Gasteiger partial charge is 0.323 e. The summed E-state index contributed by atoms with van der Waals surface area (Å²) in [6.45, 7) is 1.43. The Morgan fingerprint density at radius 2 is 2.36 bits per heavy atom.